The van der Waals surface area contributed by atoms with E-state index in [1.54, 1.807) is 5.51 Å². The number of hydrogen-bond donors (Lipinski definition) is 2. The second-order valence-electron chi connectivity index (χ2n) is 3.43. The number of carboxylic acid groups (broad SMARTS) is 1. The zero-order chi connectivity index (χ0) is 9.97. The fourth-order valence-corrected chi connectivity index (χ4v) is 2.27. The molecule has 2 N–H and O–H groups in total. The summed E-state index contributed by atoms with van der Waals surface area (Å²) in [7, 11) is 0. The van der Waals surface area contributed by atoms with Crippen molar-refractivity contribution in [1.29, 1.82) is 0 Å². The van der Waals surface area contributed by atoms with Crippen molar-refractivity contribution in [2.45, 2.75) is 25.3 Å². The van der Waals surface area contributed by atoms with Crippen LogP contribution in [-0.4, -0.2) is 27.3 Å². The first-order valence-corrected chi connectivity index (χ1v) is 5.39. The van der Waals surface area contributed by atoms with Gasteiger partial charge in [0.05, 0.1) is 5.92 Å². The SMILES string of the molecule is O=C(O)[C@@H]1CC[C@H](Nc2nncs2)C1. The fraction of sp³-hybridized carbons (Fsp3) is 0.625. The molecule has 0 aliphatic heterocycles. The molecule has 1 saturated carbocycles. The molecular weight excluding hydrogens is 202 g/mol. The van der Waals surface area contributed by atoms with Gasteiger partial charge in [-0.25, -0.2) is 0 Å². The second kappa shape index (κ2) is 3.91. The normalized spacial score (nSPS) is 26.3. The van der Waals surface area contributed by atoms with Crippen LogP contribution in [0.25, 0.3) is 0 Å². The Labute approximate surface area is 85.2 Å². The van der Waals surface area contributed by atoms with Crippen LogP contribution in [0.1, 0.15) is 19.3 Å². The molecule has 0 bridgehead atoms. The standard InChI is InChI=1S/C8H11N3O2S/c12-7(13)5-1-2-6(3-5)10-8-11-9-4-14-8/h4-6H,1-3H2,(H,10,11)(H,12,13)/t5-,6+/m1/s1. The van der Waals surface area contributed by atoms with Crippen molar-refractivity contribution in [1.82, 2.24) is 10.2 Å². The smallest absolute Gasteiger partial charge is 0.306 e. The van der Waals surface area contributed by atoms with Crippen LogP contribution in [0.15, 0.2) is 5.51 Å². The Morgan fingerprint density at radius 1 is 1.64 bits per heavy atom. The number of nitrogens with zero attached hydrogens (tertiary/aromatic N) is 2. The predicted octanol–water partition coefficient (Wildman–Crippen LogP) is 1.20. The molecule has 0 unspecified atom stereocenters. The van der Waals surface area contributed by atoms with Gasteiger partial charge in [-0.2, -0.15) is 0 Å². The number of nitrogens with one attached hydrogen (secondary N) is 1. The molecule has 2 atom stereocenters. The quantitative estimate of drug-likeness (QED) is 0.789. The van der Waals surface area contributed by atoms with Crippen molar-refractivity contribution in [2.24, 2.45) is 5.92 Å². The lowest BCUT2D eigenvalue weighted by Gasteiger charge is -2.09. The molecule has 0 saturated heterocycles. The first-order valence-electron chi connectivity index (χ1n) is 4.51. The number of aromatic nitrogens is 2. The molecule has 14 heavy (non-hydrogen) atoms. The van der Waals surface area contributed by atoms with Crippen molar-refractivity contribution in [3.8, 4) is 0 Å². The highest BCUT2D eigenvalue weighted by Gasteiger charge is 2.29. The van der Waals surface area contributed by atoms with Gasteiger partial charge in [0.1, 0.15) is 5.51 Å². The van der Waals surface area contributed by atoms with Gasteiger partial charge < -0.3 is 10.4 Å². The molecule has 0 spiro atoms. The van der Waals surface area contributed by atoms with Gasteiger partial charge in [0, 0.05) is 6.04 Å². The molecule has 1 heterocycles. The Bertz CT molecular complexity index is 314. The number of hydrogen-bond acceptors (Lipinski definition) is 5. The van der Waals surface area contributed by atoms with E-state index >= 15 is 0 Å². The maximum absolute atomic E-state index is 10.7. The van der Waals surface area contributed by atoms with E-state index in [9.17, 15) is 4.79 Å². The molecule has 0 aromatic carbocycles. The minimum absolute atomic E-state index is 0.194. The summed E-state index contributed by atoms with van der Waals surface area (Å²) in [5.74, 6) is -0.882. The van der Waals surface area contributed by atoms with E-state index in [1.807, 2.05) is 0 Å². The van der Waals surface area contributed by atoms with Crippen molar-refractivity contribution in [2.75, 3.05) is 5.32 Å². The lowest BCUT2D eigenvalue weighted by atomic mass is 10.1. The van der Waals surface area contributed by atoms with Crippen LogP contribution in [0.2, 0.25) is 0 Å². The summed E-state index contributed by atoms with van der Waals surface area (Å²) in [6, 6.07) is 0.240. The van der Waals surface area contributed by atoms with Gasteiger partial charge in [0.15, 0.2) is 0 Å². The van der Waals surface area contributed by atoms with Gasteiger partial charge in [-0.3, -0.25) is 4.79 Å². The lowest BCUT2D eigenvalue weighted by molar-refractivity contribution is -0.141. The van der Waals surface area contributed by atoms with E-state index in [1.165, 1.54) is 11.3 Å². The largest absolute Gasteiger partial charge is 0.481 e. The van der Waals surface area contributed by atoms with E-state index in [-0.39, 0.29) is 12.0 Å². The van der Waals surface area contributed by atoms with E-state index in [4.69, 9.17) is 5.11 Å². The number of anilines is 1. The Morgan fingerprint density at radius 3 is 3.07 bits per heavy atom. The van der Waals surface area contributed by atoms with Gasteiger partial charge >= 0.3 is 5.97 Å². The summed E-state index contributed by atoms with van der Waals surface area (Å²) >= 11 is 1.44. The first kappa shape index (κ1) is 9.39. The Balaban J connectivity index is 1.87. The van der Waals surface area contributed by atoms with E-state index in [0.717, 1.165) is 18.0 Å². The van der Waals surface area contributed by atoms with Crippen LogP contribution in [0.3, 0.4) is 0 Å². The van der Waals surface area contributed by atoms with Crippen molar-refractivity contribution < 1.29 is 9.90 Å². The average Bonchev–Trinajstić information content (AvgIpc) is 2.75. The van der Waals surface area contributed by atoms with Gasteiger partial charge in [-0.1, -0.05) is 11.3 Å². The topological polar surface area (TPSA) is 75.1 Å². The van der Waals surface area contributed by atoms with Gasteiger partial charge in [-0.15, -0.1) is 10.2 Å². The number of carboxylic acids is 1. The third-order valence-electron chi connectivity index (χ3n) is 2.47. The van der Waals surface area contributed by atoms with Crippen molar-refractivity contribution >= 4 is 22.4 Å². The van der Waals surface area contributed by atoms with Gasteiger partial charge in [-0.05, 0) is 19.3 Å². The molecule has 0 amide bonds. The van der Waals surface area contributed by atoms with E-state index in [2.05, 4.69) is 15.5 Å². The summed E-state index contributed by atoms with van der Waals surface area (Å²) in [5, 5.41) is 20.3. The fourth-order valence-electron chi connectivity index (χ4n) is 1.75. The average molecular weight is 213 g/mol. The molecule has 1 aliphatic carbocycles. The first-order chi connectivity index (χ1) is 6.75. The minimum Gasteiger partial charge on any atom is -0.481 e. The molecule has 0 radical (unpaired) electrons. The van der Waals surface area contributed by atoms with E-state index in [0.29, 0.717) is 6.42 Å². The van der Waals surface area contributed by atoms with E-state index < -0.39 is 5.97 Å². The summed E-state index contributed by atoms with van der Waals surface area (Å²) in [4.78, 5) is 10.7. The summed E-state index contributed by atoms with van der Waals surface area (Å²) in [5.41, 5.74) is 1.66. The molecule has 1 aromatic heterocycles. The van der Waals surface area contributed by atoms with Crippen LogP contribution in [0.5, 0.6) is 0 Å². The Kier molecular flexibility index (Phi) is 2.62. The third-order valence-corrected chi connectivity index (χ3v) is 3.09. The summed E-state index contributed by atoms with van der Waals surface area (Å²) < 4.78 is 0. The maximum Gasteiger partial charge on any atom is 0.306 e. The molecule has 2 rings (SSSR count). The third kappa shape index (κ3) is 2.01. The minimum atomic E-state index is -0.688. The van der Waals surface area contributed by atoms with Crippen molar-refractivity contribution in [3.63, 3.8) is 0 Å². The second-order valence-corrected chi connectivity index (χ2v) is 4.27. The zero-order valence-corrected chi connectivity index (χ0v) is 8.33. The van der Waals surface area contributed by atoms with Gasteiger partial charge in [0.2, 0.25) is 5.13 Å². The van der Waals surface area contributed by atoms with Crippen LogP contribution >= 0.6 is 11.3 Å². The Morgan fingerprint density at radius 2 is 2.50 bits per heavy atom. The molecule has 6 heteroatoms. The number of rotatable bonds is 3. The van der Waals surface area contributed by atoms with Crippen LogP contribution in [0, 0.1) is 5.92 Å². The molecule has 1 aliphatic rings. The molecule has 5 nitrogen and oxygen atoms in total. The predicted molar refractivity (Wildman–Crippen MR) is 52.3 cm³/mol. The highest BCUT2D eigenvalue weighted by atomic mass is 32.1. The van der Waals surface area contributed by atoms with Gasteiger partial charge in [0.25, 0.3) is 0 Å². The highest BCUT2D eigenvalue weighted by Crippen LogP contribution is 2.28. The maximum atomic E-state index is 10.7. The summed E-state index contributed by atoms with van der Waals surface area (Å²) in [6.45, 7) is 0. The summed E-state index contributed by atoms with van der Waals surface area (Å²) in [6.07, 6.45) is 2.34. The Hall–Kier alpha value is -1.17. The van der Waals surface area contributed by atoms with Crippen LogP contribution < -0.4 is 5.32 Å². The molecule has 76 valence electrons. The number of aliphatic carboxylic acids is 1. The van der Waals surface area contributed by atoms with Crippen LogP contribution in [-0.2, 0) is 4.79 Å². The zero-order valence-electron chi connectivity index (χ0n) is 7.51. The molecule has 1 aromatic rings. The van der Waals surface area contributed by atoms with Crippen LogP contribution in [0.4, 0.5) is 5.13 Å². The number of carbonyl (C=O) groups is 1. The molecule has 1 fully saturated rings. The monoisotopic (exact) mass is 213 g/mol. The molecular formula is C8H11N3O2S. The lowest BCUT2D eigenvalue weighted by Crippen LogP contribution is -2.17. The highest BCUT2D eigenvalue weighted by molar-refractivity contribution is 7.13. The van der Waals surface area contributed by atoms with Crippen molar-refractivity contribution in [3.05, 3.63) is 5.51 Å².